The number of carboxylic acids is 1. The zero-order chi connectivity index (χ0) is 21.3. The van der Waals surface area contributed by atoms with Crippen molar-refractivity contribution in [2.45, 2.75) is 64.5 Å². The molecule has 0 bridgehead atoms. The zero-order valence-corrected chi connectivity index (χ0v) is 17.4. The topological polar surface area (TPSA) is 86.2 Å². The molecule has 160 valence electrons. The first kappa shape index (κ1) is 20.4. The van der Waals surface area contributed by atoms with Crippen molar-refractivity contribution in [3.63, 3.8) is 0 Å². The van der Waals surface area contributed by atoms with Crippen LogP contribution in [-0.4, -0.2) is 25.0 Å². The van der Waals surface area contributed by atoms with Crippen LogP contribution in [0.2, 0.25) is 0 Å². The molecular weight excluding hydrogens is 382 g/mol. The van der Waals surface area contributed by atoms with E-state index >= 15 is 0 Å². The number of para-hydroxylation sites is 1. The number of rotatable bonds is 3. The van der Waals surface area contributed by atoms with Crippen LogP contribution in [0.15, 0.2) is 51.6 Å². The maximum Gasteiger partial charge on any atom is 0.352 e. The predicted octanol–water partition coefficient (Wildman–Crippen LogP) is 3.36. The first-order chi connectivity index (χ1) is 14.5. The number of benzene rings is 1. The number of nitrogens with zero attached hydrogens (tertiary/aromatic N) is 3. The third-order valence-electron chi connectivity index (χ3n) is 6.63. The van der Waals surface area contributed by atoms with Crippen LogP contribution in [-0.2, 0) is 11.3 Å². The SMILES string of the molecule is CC1CCC(CC(=O)O)CCC2=CCn3c(=O)n(-c4ccccc4)c(=O)n3C2CC1. The monoisotopic (exact) mass is 411 g/mol. The molecule has 3 atom stereocenters. The van der Waals surface area contributed by atoms with Gasteiger partial charge in [0.2, 0.25) is 0 Å². The van der Waals surface area contributed by atoms with Gasteiger partial charge >= 0.3 is 17.3 Å². The smallest absolute Gasteiger partial charge is 0.352 e. The van der Waals surface area contributed by atoms with Crippen LogP contribution >= 0.6 is 0 Å². The molecule has 2 aliphatic rings. The summed E-state index contributed by atoms with van der Waals surface area (Å²) in [5, 5.41) is 9.26. The molecule has 1 N–H and O–H groups in total. The summed E-state index contributed by atoms with van der Waals surface area (Å²) in [5.41, 5.74) is 1.13. The van der Waals surface area contributed by atoms with Crippen LogP contribution in [0.5, 0.6) is 0 Å². The van der Waals surface area contributed by atoms with Gasteiger partial charge in [0, 0.05) is 6.42 Å². The van der Waals surface area contributed by atoms with Crippen LogP contribution in [0.1, 0.15) is 57.9 Å². The number of fused-ring (bicyclic) bond motifs is 3. The minimum absolute atomic E-state index is 0.144. The van der Waals surface area contributed by atoms with Crippen LogP contribution in [0, 0.1) is 11.8 Å². The zero-order valence-electron chi connectivity index (χ0n) is 17.4. The average molecular weight is 412 g/mol. The van der Waals surface area contributed by atoms with E-state index < -0.39 is 5.97 Å². The molecule has 2 aromatic rings. The Balaban J connectivity index is 1.71. The Morgan fingerprint density at radius 1 is 1.03 bits per heavy atom. The molecule has 1 fully saturated rings. The highest BCUT2D eigenvalue weighted by Gasteiger charge is 2.30. The summed E-state index contributed by atoms with van der Waals surface area (Å²) in [7, 11) is 0. The van der Waals surface area contributed by atoms with Crippen molar-refractivity contribution in [2.24, 2.45) is 11.8 Å². The van der Waals surface area contributed by atoms with Crippen molar-refractivity contribution in [1.82, 2.24) is 13.9 Å². The van der Waals surface area contributed by atoms with E-state index in [1.54, 1.807) is 21.5 Å². The molecule has 0 amide bonds. The number of aliphatic carboxylic acids is 1. The maximum atomic E-state index is 13.3. The molecule has 1 saturated carbocycles. The molecular formula is C23H29N3O4. The van der Waals surface area contributed by atoms with Gasteiger partial charge in [-0.25, -0.2) is 23.5 Å². The highest BCUT2D eigenvalue weighted by Crippen LogP contribution is 2.35. The third-order valence-corrected chi connectivity index (χ3v) is 6.63. The molecule has 2 heterocycles. The molecule has 0 radical (unpaired) electrons. The van der Waals surface area contributed by atoms with Gasteiger partial charge in [-0.1, -0.05) is 37.6 Å². The fourth-order valence-electron chi connectivity index (χ4n) is 4.91. The molecule has 7 nitrogen and oxygen atoms in total. The molecule has 1 aromatic heterocycles. The Morgan fingerprint density at radius 2 is 1.77 bits per heavy atom. The van der Waals surface area contributed by atoms with E-state index in [2.05, 4.69) is 13.0 Å². The van der Waals surface area contributed by atoms with E-state index in [1.165, 1.54) is 4.57 Å². The molecule has 0 spiro atoms. The van der Waals surface area contributed by atoms with E-state index in [1.807, 2.05) is 18.2 Å². The largest absolute Gasteiger partial charge is 0.481 e. The standard InChI is InChI=1S/C23H29N3O4/c1-16-7-9-17(15-21(27)28)10-11-18-13-14-24-22(29)25(19-5-3-2-4-6-19)23(30)26(24)20(18)12-8-16/h2-6,13,16-17,20H,7-12,14-15H2,1H3,(H,27,28). The highest BCUT2D eigenvalue weighted by atomic mass is 16.4. The lowest BCUT2D eigenvalue weighted by atomic mass is 9.83. The molecule has 4 rings (SSSR count). The second-order valence-corrected chi connectivity index (χ2v) is 8.72. The van der Waals surface area contributed by atoms with Crippen molar-refractivity contribution < 1.29 is 9.90 Å². The number of hydrogen-bond donors (Lipinski definition) is 1. The quantitative estimate of drug-likeness (QED) is 0.785. The Morgan fingerprint density at radius 3 is 2.50 bits per heavy atom. The normalized spacial score (nSPS) is 24.4. The van der Waals surface area contributed by atoms with Gasteiger partial charge < -0.3 is 5.11 Å². The number of allylic oxidation sites excluding steroid dienone is 2. The van der Waals surface area contributed by atoms with E-state index in [-0.39, 0.29) is 29.8 Å². The maximum absolute atomic E-state index is 13.3. The van der Waals surface area contributed by atoms with Crippen LogP contribution < -0.4 is 11.4 Å². The van der Waals surface area contributed by atoms with Gasteiger partial charge in [0.25, 0.3) is 0 Å². The van der Waals surface area contributed by atoms with Crippen molar-refractivity contribution in [2.75, 3.05) is 0 Å². The van der Waals surface area contributed by atoms with Gasteiger partial charge in [-0.05, 0) is 61.6 Å². The number of hydrogen-bond acceptors (Lipinski definition) is 3. The molecule has 7 heteroatoms. The summed E-state index contributed by atoms with van der Waals surface area (Å²) in [6.45, 7) is 2.57. The van der Waals surface area contributed by atoms with E-state index in [0.29, 0.717) is 18.2 Å². The van der Waals surface area contributed by atoms with Crippen LogP contribution in [0.25, 0.3) is 5.69 Å². The lowest BCUT2D eigenvalue weighted by Gasteiger charge is -2.30. The van der Waals surface area contributed by atoms with Crippen molar-refractivity contribution in [3.05, 3.63) is 62.9 Å². The summed E-state index contributed by atoms with van der Waals surface area (Å²) in [4.78, 5) is 37.6. The molecule has 1 aliphatic heterocycles. The summed E-state index contributed by atoms with van der Waals surface area (Å²) in [5.74, 6) is -0.141. The first-order valence-electron chi connectivity index (χ1n) is 10.9. The van der Waals surface area contributed by atoms with Crippen molar-refractivity contribution in [3.8, 4) is 5.69 Å². The van der Waals surface area contributed by atoms with Gasteiger partial charge in [0.1, 0.15) is 0 Å². The average Bonchev–Trinajstić information content (AvgIpc) is 2.99. The number of carbonyl (C=O) groups is 1. The van der Waals surface area contributed by atoms with Gasteiger partial charge in [0.15, 0.2) is 0 Å². The Labute approximate surface area is 175 Å². The Kier molecular flexibility index (Phi) is 5.79. The van der Waals surface area contributed by atoms with Gasteiger partial charge in [0.05, 0.1) is 18.3 Å². The minimum Gasteiger partial charge on any atom is -0.481 e. The third kappa shape index (κ3) is 3.93. The first-order valence-corrected chi connectivity index (χ1v) is 10.9. The highest BCUT2D eigenvalue weighted by molar-refractivity contribution is 5.67. The number of aromatic nitrogens is 3. The minimum atomic E-state index is -0.746. The lowest BCUT2D eigenvalue weighted by Crippen LogP contribution is -2.35. The Bertz CT molecular complexity index is 1060. The van der Waals surface area contributed by atoms with Crippen LogP contribution in [0.3, 0.4) is 0 Å². The molecule has 0 saturated heterocycles. The summed E-state index contributed by atoms with van der Waals surface area (Å²) >= 11 is 0. The van der Waals surface area contributed by atoms with E-state index in [9.17, 15) is 19.5 Å². The molecule has 1 aliphatic carbocycles. The fraction of sp³-hybridized carbons (Fsp3) is 0.522. The van der Waals surface area contributed by atoms with Crippen LogP contribution in [0.4, 0.5) is 0 Å². The van der Waals surface area contributed by atoms with Gasteiger partial charge in [-0.3, -0.25) is 4.79 Å². The summed E-state index contributed by atoms with van der Waals surface area (Å²) in [6, 6.07) is 8.90. The van der Waals surface area contributed by atoms with Gasteiger partial charge in [-0.2, -0.15) is 0 Å². The second kappa shape index (κ2) is 8.50. The Hall–Kier alpha value is -2.83. The fourth-order valence-corrected chi connectivity index (χ4v) is 4.91. The molecule has 3 unspecified atom stereocenters. The lowest BCUT2D eigenvalue weighted by molar-refractivity contribution is -0.138. The van der Waals surface area contributed by atoms with Gasteiger partial charge in [-0.15, -0.1) is 0 Å². The van der Waals surface area contributed by atoms with Crippen molar-refractivity contribution in [1.29, 1.82) is 0 Å². The number of carboxylic acid groups (broad SMARTS) is 1. The van der Waals surface area contributed by atoms with E-state index in [4.69, 9.17) is 0 Å². The summed E-state index contributed by atoms with van der Waals surface area (Å²) in [6.07, 6.45) is 7.53. The van der Waals surface area contributed by atoms with Crippen molar-refractivity contribution >= 4 is 5.97 Å². The predicted molar refractivity (Wildman–Crippen MR) is 114 cm³/mol. The summed E-state index contributed by atoms with van der Waals surface area (Å²) < 4.78 is 4.45. The molecule has 30 heavy (non-hydrogen) atoms. The van der Waals surface area contributed by atoms with E-state index in [0.717, 1.165) is 44.1 Å². The molecule has 1 aromatic carbocycles. The second-order valence-electron chi connectivity index (χ2n) is 8.72.